The third-order valence-corrected chi connectivity index (χ3v) is 5.67. The summed E-state index contributed by atoms with van der Waals surface area (Å²) in [7, 11) is 0. The van der Waals surface area contributed by atoms with Crippen molar-refractivity contribution in [2.24, 2.45) is 0 Å². The van der Waals surface area contributed by atoms with E-state index in [0.29, 0.717) is 13.0 Å². The minimum Gasteiger partial charge on any atom is -0.492 e. The number of carbonyl (C=O) groups is 2. The molecule has 2 aromatic rings. The molecule has 29 heavy (non-hydrogen) atoms. The van der Waals surface area contributed by atoms with Crippen molar-refractivity contribution in [2.75, 3.05) is 26.2 Å². The van der Waals surface area contributed by atoms with E-state index in [0.717, 1.165) is 30.8 Å². The summed E-state index contributed by atoms with van der Waals surface area (Å²) < 4.78 is 5.71. The smallest absolute Gasteiger partial charge is 0.325 e. The molecule has 0 radical (unpaired) electrons. The first-order valence-corrected chi connectivity index (χ1v) is 10.2. The summed E-state index contributed by atoms with van der Waals surface area (Å²) in [6.07, 6.45) is 1.56. The maximum Gasteiger partial charge on any atom is 0.325 e. The van der Waals surface area contributed by atoms with Gasteiger partial charge in [-0.15, -0.1) is 0 Å². The second-order valence-electron chi connectivity index (χ2n) is 7.93. The molecular formula is C23H27N3O3. The van der Waals surface area contributed by atoms with Gasteiger partial charge in [0.15, 0.2) is 0 Å². The maximum absolute atomic E-state index is 13.1. The molecule has 2 heterocycles. The van der Waals surface area contributed by atoms with E-state index in [-0.39, 0.29) is 25.1 Å². The highest BCUT2D eigenvalue weighted by atomic mass is 16.5. The van der Waals surface area contributed by atoms with Crippen LogP contribution in [0.1, 0.15) is 24.0 Å². The van der Waals surface area contributed by atoms with Crippen molar-refractivity contribution in [3.63, 3.8) is 0 Å². The van der Waals surface area contributed by atoms with Crippen LogP contribution >= 0.6 is 0 Å². The highest BCUT2D eigenvalue weighted by Crippen LogP contribution is 2.29. The molecule has 2 aliphatic heterocycles. The minimum absolute atomic E-state index is 0.132. The first kappa shape index (κ1) is 19.5. The van der Waals surface area contributed by atoms with Gasteiger partial charge in [0, 0.05) is 13.1 Å². The number of imide groups is 1. The zero-order valence-electron chi connectivity index (χ0n) is 16.8. The number of ether oxygens (including phenoxy) is 1. The van der Waals surface area contributed by atoms with Crippen LogP contribution < -0.4 is 10.1 Å². The summed E-state index contributed by atoms with van der Waals surface area (Å²) in [5.41, 5.74) is 1.56. The van der Waals surface area contributed by atoms with Gasteiger partial charge in [-0.2, -0.15) is 0 Å². The highest BCUT2D eigenvalue weighted by molar-refractivity contribution is 6.07. The van der Waals surface area contributed by atoms with Crippen molar-refractivity contribution in [1.82, 2.24) is 15.1 Å². The van der Waals surface area contributed by atoms with Gasteiger partial charge in [-0.25, -0.2) is 4.79 Å². The monoisotopic (exact) mass is 393 g/mol. The molecule has 1 atom stereocenters. The molecule has 2 aromatic carbocycles. The molecule has 2 aliphatic rings. The molecular weight excluding hydrogens is 366 g/mol. The topological polar surface area (TPSA) is 61.9 Å². The number of rotatable bonds is 6. The summed E-state index contributed by atoms with van der Waals surface area (Å²) in [5.74, 6) is 0.608. The normalized spacial score (nSPS) is 22.2. The van der Waals surface area contributed by atoms with E-state index in [1.165, 1.54) is 10.5 Å². The van der Waals surface area contributed by atoms with Gasteiger partial charge in [0.05, 0.1) is 6.54 Å². The van der Waals surface area contributed by atoms with Crippen LogP contribution in [0.25, 0.3) is 0 Å². The lowest BCUT2D eigenvalue weighted by atomic mass is 9.88. The zero-order valence-corrected chi connectivity index (χ0v) is 16.8. The van der Waals surface area contributed by atoms with E-state index in [2.05, 4.69) is 22.3 Å². The molecule has 0 bridgehead atoms. The fourth-order valence-electron chi connectivity index (χ4n) is 4.17. The Morgan fingerprint density at radius 1 is 1.07 bits per heavy atom. The van der Waals surface area contributed by atoms with Gasteiger partial charge in [0.2, 0.25) is 0 Å². The number of hydrogen-bond donors (Lipinski definition) is 1. The molecule has 4 rings (SSSR count). The second-order valence-corrected chi connectivity index (χ2v) is 7.93. The van der Waals surface area contributed by atoms with Crippen molar-refractivity contribution < 1.29 is 14.3 Å². The fraction of sp³-hybridized carbons (Fsp3) is 0.391. The summed E-state index contributed by atoms with van der Waals surface area (Å²) in [5, 5.41) is 2.98. The molecule has 1 spiro atoms. The van der Waals surface area contributed by atoms with Gasteiger partial charge in [0.1, 0.15) is 17.9 Å². The largest absolute Gasteiger partial charge is 0.492 e. The summed E-state index contributed by atoms with van der Waals surface area (Å²) in [4.78, 5) is 29.2. The number of hydrogen-bond acceptors (Lipinski definition) is 4. The number of aryl methyl sites for hydroxylation is 1. The molecule has 0 aliphatic carbocycles. The van der Waals surface area contributed by atoms with E-state index < -0.39 is 5.54 Å². The molecule has 6 heteroatoms. The molecule has 1 N–H and O–H groups in total. The van der Waals surface area contributed by atoms with Crippen LogP contribution in [0.3, 0.4) is 0 Å². The highest BCUT2D eigenvalue weighted by Gasteiger charge is 2.52. The molecule has 2 saturated heterocycles. The van der Waals surface area contributed by atoms with Gasteiger partial charge >= 0.3 is 6.03 Å². The molecule has 3 amide bonds. The van der Waals surface area contributed by atoms with Crippen LogP contribution in [0.5, 0.6) is 5.75 Å². The zero-order chi connectivity index (χ0) is 20.3. The third-order valence-electron chi connectivity index (χ3n) is 5.67. The lowest BCUT2D eigenvalue weighted by Crippen LogP contribution is -2.58. The van der Waals surface area contributed by atoms with E-state index in [9.17, 15) is 9.59 Å². The lowest BCUT2D eigenvalue weighted by molar-refractivity contribution is -0.133. The summed E-state index contributed by atoms with van der Waals surface area (Å²) in [6.45, 7) is 4.80. The molecule has 0 aromatic heterocycles. The number of urea groups is 1. The Bertz CT molecular complexity index is 869. The summed E-state index contributed by atoms with van der Waals surface area (Å²) in [6, 6.07) is 17.6. The van der Waals surface area contributed by atoms with Crippen molar-refractivity contribution >= 4 is 11.9 Å². The van der Waals surface area contributed by atoms with Crippen LogP contribution in [0.15, 0.2) is 54.6 Å². The molecule has 152 valence electrons. The Labute approximate surface area is 171 Å². The lowest BCUT2D eigenvalue weighted by Gasteiger charge is -2.38. The van der Waals surface area contributed by atoms with E-state index >= 15 is 0 Å². The van der Waals surface area contributed by atoms with Crippen LogP contribution in [-0.4, -0.2) is 53.5 Å². The van der Waals surface area contributed by atoms with Crippen LogP contribution in [0, 0.1) is 6.92 Å². The Balaban J connectivity index is 1.36. The first-order valence-electron chi connectivity index (χ1n) is 10.2. The Hall–Kier alpha value is -2.86. The van der Waals surface area contributed by atoms with Crippen molar-refractivity contribution in [3.8, 4) is 5.75 Å². The van der Waals surface area contributed by atoms with Crippen molar-refractivity contribution in [3.05, 3.63) is 65.7 Å². The third kappa shape index (κ3) is 4.27. The number of likely N-dealkylation sites (tertiary alicyclic amines) is 1. The number of nitrogens with zero attached hydrogens (tertiary/aromatic N) is 2. The van der Waals surface area contributed by atoms with Gasteiger partial charge in [0.25, 0.3) is 5.91 Å². The Morgan fingerprint density at radius 2 is 1.83 bits per heavy atom. The number of nitrogens with one attached hydrogen (secondary N) is 1. The van der Waals surface area contributed by atoms with Gasteiger partial charge in [-0.3, -0.25) is 14.6 Å². The van der Waals surface area contributed by atoms with E-state index in [1.807, 2.05) is 49.4 Å². The quantitative estimate of drug-likeness (QED) is 0.767. The van der Waals surface area contributed by atoms with Gasteiger partial charge in [-0.05, 0) is 44.0 Å². The second kappa shape index (κ2) is 8.25. The fourth-order valence-corrected chi connectivity index (χ4v) is 4.17. The van der Waals surface area contributed by atoms with Crippen molar-refractivity contribution in [2.45, 2.75) is 31.8 Å². The number of carbonyl (C=O) groups excluding carboxylic acids is 2. The van der Waals surface area contributed by atoms with E-state index in [1.54, 1.807) is 0 Å². The molecule has 1 unspecified atom stereocenters. The minimum atomic E-state index is -0.812. The number of piperidine rings is 1. The number of amides is 3. The van der Waals surface area contributed by atoms with E-state index in [4.69, 9.17) is 4.74 Å². The van der Waals surface area contributed by atoms with Gasteiger partial charge in [-0.1, -0.05) is 48.0 Å². The standard InChI is InChI=1S/C23H27N3O3/c1-18-8-10-20(11-9-18)29-15-14-26-21(27)23(24-22(26)28)12-5-13-25(17-23)16-19-6-3-2-4-7-19/h2-4,6-11H,5,12-17H2,1H3,(H,24,28). The molecule has 0 saturated carbocycles. The van der Waals surface area contributed by atoms with Gasteiger partial charge < -0.3 is 10.1 Å². The Kier molecular flexibility index (Phi) is 5.53. The molecule has 6 nitrogen and oxygen atoms in total. The first-order chi connectivity index (χ1) is 14.1. The van der Waals surface area contributed by atoms with Crippen molar-refractivity contribution in [1.29, 1.82) is 0 Å². The average molecular weight is 393 g/mol. The summed E-state index contributed by atoms with van der Waals surface area (Å²) >= 11 is 0. The SMILES string of the molecule is Cc1ccc(OCCN2C(=O)NC3(CCCN(Cc4ccccc4)C3)C2=O)cc1. The average Bonchev–Trinajstić information content (AvgIpc) is 2.94. The molecule has 2 fully saturated rings. The predicted molar refractivity (Wildman–Crippen MR) is 111 cm³/mol. The predicted octanol–water partition coefficient (Wildman–Crippen LogP) is 2.96. The van der Waals surface area contributed by atoms with Crippen LogP contribution in [0.2, 0.25) is 0 Å². The maximum atomic E-state index is 13.1. The Morgan fingerprint density at radius 3 is 2.59 bits per heavy atom. The van der Waals surface area contributed by atoms with Crippen LogP contribution in [-0.2, 0) is 11.3 Å². The number of benzene rings is 2. The van der Waals surface area contributed by atoms with Crippen LogP contribution in [0.4, 0.5) is 4.79 Å².